The maximum Gasteiger partial charge on any atom is 0.180 e. The minimum atomic E-state index is 0.668. The zero-order chi connectivity index (χ0) is 31.2. The third kappa shape index (κ3) is 4.86. The highest BCUT2D eigenvalue weighted by Gasteiger charge is 2.19. The minimum Gasteiger partial charge on any atom is -0.451 e. The molecule has 0 saturated carbocycles. The first-order valence-electron chi connectivity index (χ1n) is 15.8. The molecule has 0 amide bonds. The molecular weight excluding hydrogens is 572 g/mol. The average molecular weight is 601 g/mol. The molecule has 0 bridgehead atoms. The summed E-state index contributed by atoms with van der Waals surface area (Å²) in [5.41, 5.74) is 12.1. The smallest absolute Gasteiger partial charge is 0.180 e. The Morgan fingerprint density at radius 3 is 1.60 bits per heavy atom. The number of furan rings is 1. The predicted octanol–water partition coefficient (Wildman–Crippen LogP) is 11.9. The number of hydrogen-bond acceptors (Lipinski definition) is 3. The molecule has 7 aromatic carbocycles. The molecular formula is C44H28N2O. The fourth-order valence-corrected chi connectivity index (χ4v) is 6.49. The molecule has 220 valence electrons. The van der Waals surface area contributed by atoms with E-state index < -0.39 is 0 Å². The lowest BCUT2D eigenvalue weighted by Crippen LogP contribution is -1.94. The van der Waals surface area contributed by atoms with E-state index in [1.54, 1.807) is 0 Å². The molecule has 0 saturated heterocycles. The number of aromatic nitrogens is 2. The normalized spacial score (nSPS) is 11.4. The summed E-state index contributed by atoms with van der Waals surface area (Å²) in [4.78, 5) is 10.3. The molecule has 3 heteroatoms. The van der Waals surface area contributed by atoms with Gasteiger partial charge in [-0.3, -0.25) is 0 Å². The highest BCUT2D eigenvalue weighted by molar-refractivity contribution is 6.15. The van der Waals surface area contributed by atoms with E-state index in [1.165, 1.54) is 22.3 Å². The molecule has 0 spiro atoms. The SMILES string of the molecule is c1ccc(-c2ccc(-c3cccc(-c4cccc(-c5nc(-c6ccccc6)c6oc7c8ccccc8ccc7c6n5)c4)c3)cc2)cc1. The number of rotatable bonds is 5. The first kappa shape index (κ1) is 27.0. The van der Waals surface area contributed by atoms with Crippen LogP contribution in [0.1, 0.15) is 0 Å². The molecule has 9 aromatic rings. The highest BCUT2D eigenvalue weighted by Crippen LogP contribution is 2.39. The van der Waals surface area contributed by atoms with E-state index in [0.29, 0.717) is 11.4 Å². The zero-order valence-corrected chi connectivity index (χ0v) is 25.5. The van der Waals surface area contributed by atoms with E-state index in [-0.39, 0.29) is 0 Å². The maximum absolute atomic E-state index is 6.60. The minimum absolute atomic E-state index is 0.668. The van der Waals surface area contributed by atoms with E-state index >= 15 is 0 Å². The quantitative estimate of drug-likeness (QED) is 0.197. The number of hydrogen-bond donors (Lipinski definition) is 0. The highest BCUT2D eigenvalue weighted by atomic mass is 16.3. The Kier molecular flexibility index (Phi) is 6.46. The third-order valence-corrected chi connectivity index (χ3v) is 8.89. The molecule has 0 aliphatic heterocycles. The second-order valence-corrected chi connectivity index (χ2v) is 11.8. The molecule has 0 aliphatic rings. The van der Waals surface area contributed by atoms with Crippen LogP contribution in [0.25, 0.3) is 88.9 Å². The molecule has 2 heterocycles. The Hall–Kier alpha value is -6.32. The second kappa shape index (κ2) is 11.2. The molecule has 3 nitrogen and oxygen atoms in total. The first-order valence-corrected chi connectivity index (χ1v) is 15.8. The van der Waals surface area contributed by atoms with Crippen molar-refractivity contribution in [2.75, 3.05) is 0 Å². The van der Waals surface area contributed by atoms with Gasteiger partial charge in [0.25, 0.3) is 0 Å². The number of fused-ring (bicyclic) bond motifs is 5. The van der Waals surface area contributed by atoms with Crippen molar-refractivity contribution in [1.29, 1.82) is 0 Å². The summed E-state index contributed by atoms with van der Waals surface area (Å²) >= 11 is 0. The van der Waals surface area contributed by atoms with Gasteiger partial charge in [-0.25, -0.2) is 9.97 Å². The molecule has 9 rings (SSSR count). The standard InChI is InChI=1S/C44H28N2O/c1-3-11-29(12-4-1)30-21-23-31(24-22-30)34-16-9-17-35(27-34)36-18-10-19-37(28-36)44-45-40(33-14-5-2-6-15-33)43-41(46-44)39-26-25-32-13-7-8-20-38(32)42(39)47-43/h1-28H. The summed E-state index contributed by atoms with van der Waals surface area (Å²) < 4.78 is 6.60. The van der Waals surface area contributed by atoms with Crippen molar-refractivity contribution in [3.8, 4) is 56.0 Å². The van der Waals surface area contributed by atoms with Crippen molar-refractivity contribution in [2.24, 2.45) is 0 Å². The van der Waals surface area contributed by atoms with Crippen LogP contribution in [0.15, 0.2) is 174 Å². The number of benzene rings is 7. The van der Waals surface area contributed by atoms with Crippen LogP contribution in [0, 0.1) is 0 Å². The van der Waals surface area contributed by atoms with E-state index in [9.17, 15) is 0 Å². The van der Waals surface area contributed by atoms with Crippen LogP contribution in [0.2, 0.25) is 0 Å². The lowest BCUT2D eigenvalue weighted by atomic mass is 9.96. The number of nitrogens with zero attached hydrogens (tertiary/aromatic N) is 2. The van der Waals surface area contributed by atoms with Crippen LogP contribution in [0.4, 0.5) is 0 Å². The fourth-order valence-electron chi connectivity index (χ4n) is 6.49. The largest absolute Gasteiger partial charge is 0.451 e. The molecule has 0 N–H and O–H groups in total. The summed E-state index contributed by atoms with van der Waals surface area (Å²) in [7, 11) is 0. The molecule has 2 aromatic heterocycles. The maximum atomic E-state index is 6.60. The summed E-state index contributed by atoms with van der Waals surface area (Å²) in [5.74, 6) is 0.668. The van der Waals surface area contributed by atoms with E-state index in [4.69, 9.17) is 14.4 Å². The van der Waals surface area contributed by atoms with Crippen LogP contribution < -0.4 is 0 Å². The predicted molar refractivity (Wildman–Crippen MR) is 194 cm³/mol. The van der Waals surface area contributed by atoms with Gasteiger partial charge >= 0.3 is 0 Å². The monoisotopic (exact) mass is 600 g/mol. The molecule has 0 fully saturated rings. The molecule has 0 radical (unpaired) electrons. The Balaban J connectivity index is 1.15. The van der Waals surface area contributed by atoms with Crippen molar-refractivity contribution in [3.63, 3.8) is 0 Å². The lowest BCUT2D eigenvalue weighted by molar-refractivity contribution is 0.671. The third-order valence-electron chi connectivity index (χ3n) is 8.89. The first-order chi connectivity index (χ1) is 23.3. The van der Waals surface area contributed by atoms with E-state index in [0.717, 1.165) is 55.2 Å². The summed E-state index contributed by atoms with van der Waals surface area (Å²) in [6.45, 7) is 0. The Bertz CT molecular complexity index is 2550. The molecule has 47 heavy (non-hydrogen) atoms. The van der Waals surface area contributed by atoms with Gasteiger partial charge < -0.3 is 4.42 Å². The van der Waals surface area contributed by atoms with Gasteiger partial charge in [0, 0.05) is 21.9 Å². The Morgan fingerprint density at radius 2 is 0.872 bits per heavy atom. The van der Waals surface area contributed by atoms with Crippen LogP contribution in [-0.4, -0.2) is 9.97 Å². The van der Waals surface area contributed by atoms with Gasteiger partial charge in [0.1, 0.15) is 16.8 Å². The van der Waals surface area contributed by atoms with Crippen molar-refractivity contribution in [2.45, 2.75) is 0 Å². The molecule has 0 atom stereocenters. The summed E-state index contributed by atoms with van der Waals surface area (Å²) in [6, 6.07) is 59.3. The van der Waals surface area contributed by atoms with E-state index in [1.807, 2.05) is 30.3 Å². The Morgan fingerprint density at radius 1 is 0.340 bits per heavy atom. The van der Waals surface area contributed by atoms with Gasteiger partial charge in [-0.15, -0.1) is 0 Å². The van der Waals surface area contributed by atoms with Gasteiger partial charge in [-0.2, -0.15) is 0 Å². The van der Waals surface area contributed by atoms with Crippen LogP contribution in [0.3, 0.4) is 0 Å². The fraction of sp³-hybridized carbons (Fsp3) is 0. The van der Waals surface area contributed by atoms with Gasteiger partial charge in [0.05, 0.1) is 0 Å². The lowest BCUT2D eigenvalue weighted by Gasteiger charge is -2.10. The van der Waals surface area contributed by atoms with Crippen LogP contribution >= 0.6 is 0 Å². The van der Waals surface area contributed by atoms with Gasteiger partial charge in [0.15, 0.2) is 11.4 Å². The topological polar surface area (TPSA) is 38.9 Å². The van der Waals surface area contributed by atoms with Gasteiger partial charge in [-0.05, 0) is 57.0 Å². The van der Waals surface area contributed by atoms with Crippen molar-refractivity contribution < 1.29 is 4.42 Å². The molecule has 0 aliphatic carbocycles. The van der Waals surface area contributed by atoms with E-state index in [2.05, 4.69) is 140 Å². The van der Waals surface area contributed by atoms with Crippen molar-refractivity contribution in [1.82, 2.24) is 9.97 Å². The zero-order valence-electron chi connectivity index (χ0n) is 25.5. The Labute approximate surface area is 272 Å². The molecule has 0 unspecified atom stereocenters. The van der Waals surface area contributed by atoms with Crippen LogP contribution in [0.5, 0.6) is 0 Å². The summed E-state index contributed by atoms with van der Waals surface area (Å²) in [6.07, 6.45) is 0. The van der Waals surface area contributed by atoms with Gasteiger partial charge in [0.2, 0.25) is 0 Å². The van der Waals surface area contributed by atoms with Crippen LogP contribution in [-0.2, 0) is 0 Å². The second-order valence-electron chi connectivity index (χ2n) is 11.8. The average Bonchev–Trinajstić information content (AvgIpc) is 3.55. The summed E-state index contributed by atoms with van der Waals surface area (Å²) in [5, 5.41) is 3.19. The van der Waals surface area contributed by atoms with Crippen molar-refractivity contribution in [3.05, 3.63) is 170 Å². The van der Waals surface area contributed by atoms with Gasteiger partial charge in [-0.1, -0.05) is 152 Å². The van der Waals surface area contributed by atoms with Crippen molar-refractivity contribution >= 4 is 32.8 Å².